The maximum atomic E-state index is 13.3. The van der Waals surface area contributed by atoms with Gasteiger partial charge in [0.1, 0.15) is 16.4 Å². The third-order valence-corrected chi connectivity index (χ3v) is 5.51. The molecule has 0 saturated heterocycles. The second-order valence-electron chi connectivity index (χ2n) is 6.45. The normalized spacial score (nSPS) is 10.5. The Bertz CT molecular complexity index is 1150. The molecule has 3 aromatic rings. The summed E-state index contributed by atoms with van der Waals surface area (Å²) in [5, 5.41) is 13.9. The largest absolute Gasteiger partial charge is 0.465 e. The van der Waals surface area contributed by atoms with Gasteiger partial charge in [-0.2, -0.15) is 0 Å². The third kappa shape index (κ3) is 4.06. The minimum absolute atomic E-state index is 0.0904. The first-order valence-corrected chi connectivity index (χ1v) is 9.58. The Hall–Kier alpha value is -3.59. The molecule has 9 heteroatoms. The van der Waals surface area contributed by atoms with Crippen LogP contribution in [0.1, 0.15) is 31.2 Å². The highest BCUT2D eigenvalue weighted by molar-refractivity contribution is 7.17. The van der Waals surface area contributed by atoms with Crippen molar-refractivity contribution in [1.29, 1.82) is 0 Å². The smallest absolute Gasteiger partial charge is 0.341 e. The van der Waals surface area contributed by atoms with Crippen molar-refractivity contribution in [3.8, 4) is 11.1 Å². The van der Waals surface area contributed by atoms with Gasteiger partial charge in [-0.3, -0.25) is 14.9 Å². The number of benzene rings is 2. The Kier molecular flexibility index (Phi) is 5.93. The van der Waals surface area contributed by atoms with Gasteiger partial charge in [-0.1, -0.05) is 12.1 Å². The van der Waals surface area contributed by atoms with Crippen molar-refractivity contribution >= 4 is 33.9 Å². The predicted molar refractivity (Wildman–Crippen MR) is 112 cm³/mol. The van der Waals surface area contributed by atoms with E-state index in [2.05, 4.69) is 5.32 Å². The average Bonchev–Trinajstić information content (AvgIpc) is 3.03. The van der Waals surface area contributed by atoms with Crippen LogP contribution in [0.3, 0.4) is 0 Å². The number of nitrogens with one attached hydrogen (secondary N) is 1. The maximum Gasteiger partial charge on any atom is 0.341 e. The highest BCUT2D eigenvalue weighted by Crippen LogP contribution is 2.40. The molecule has 0 spiro atoms. The van der Waals surface area contributed by atoms with Crippen molar-refractivity contribution in [3.63, 3.8) is 0 Å². The van der Waals surface area contributed by atoms with Crippen molar-refractivity contribution in [2.75, 3.05) is 12.4 Å². The van der Waals surface area contributed by atoms with Crippen LogP contribution in [0.15, 0.2) is 42.5 Å². The van der Waals surface area contributed by atoms with Gasteiger partial charge in [0.05, 0.1) is 12.0 Å². The Morgan fingerprint density at radius 2 is 1.80 bits per heavy atom. The number of thiophene rings is 1. The number of carbonyl (C=O) groups is 2. The third-order valence-electron chi connectivity index (χ3n) is 4.49. The van der Waals surface area contributed by atoms with E-state index in [1.807, 2.05) is 0 Å². The summed E-state index contributed by atoms with van der Waals surface area (Å²) in [6.45, 7) is 3.32. The zero-order valence-electron chi connectivity index (χ0n) is 16.3. The number of halogens is 1. The first-order chi connectivity index (χ1) is 14.2. The van der Waals surface area contributed by atoms with Gasteiger partial charge in [-0.25, -0.2) is 9.18 Å². The number of carbonyl (C=O) groups excluding carboxylic acids is 2. The zero-order chi connectivity index (χ0) is 22.0. The molecule has 0 unspecified atom stereocenters. The topological polar surface area (TPSA) is 98.5 Å². The molecule has 3 rings (SSSR count). The summed E-state index contributed by atoms with van der Waals surface area (Å²) in [4.78, 5) is 36.4. The molecule has 0 bridgehead atoms. The SMILES string of the molecule is COC(=O)c1c(NC(=O)c2ccc([N+](=O)[O-])c(C)c2)sc(C)c1-c1ccc(F)cc1. The number of rotatable bonds is 5. The molecule has 154 valence electrons. The van der Waals surface area contributed by atoms with Crippen molar-refractivity contribution in [2.45, 2.75) is 13.8 Å². The molecule has 30 heavy (non-hydrogen) atoms. The Morgan fingerprint density at radius 1 is 1.13 bits per heavy atom. The summed E-state index contributed by atoms with van der Waals surface area (Å²) in [6.07, 6.45) is 0. The number of hydrogen-bond acceptors (Lipinski definition) is 6. The zero-order valence-corrected chi connectivity index (χ0v) is 17.1. The van der Waals surface area contributed by atoms with Crippen LogP contribution in [0.25, 0.3) is 11.1 Å². The lowest BCUT2D eigenvalue weighted by Crippen LogP contribution is -2.14. The summed E-state index contributed by atoms with van der Waals surface area (Å²) >= 11 is 1.18. The second kappa shape index (κ2) is 8.42. The van der Waals surface area contributed by atoms with Crippen LogP contribution >= 0.6 is 11.3 Å². The number of amides is 1. The molecule has 0 aliphatic heterocycles. The summed E-state index contributed by atoms with van der Waals surface area (Å²) < 4.78 is 18.2. The maximum absolute atomic E-state index is 13.3. The van der Waals surface area contributed by atoms with E-state index in [0.29, 0.717) is 16.7 Å². The number of nitrogens with zero attached hydrogens (tertiary/aromatic N) is 1. The highest BCUT2D eigenvalue weighted by atomic mass is 32.1. The number of hydrogen-bond donors (Lipinski definition) is 1. The van der Waals surface area contributed by atoms with Crippen molar-refractivity contribution in [2.24, 2.45) is 0 Å². The average molecular weight is 428 g/mol. The molecule has 1 heterocycles. The molecule has 0 fully saturated rings. The number of nitro groups is 1. The van der Waals surface area contributed by atoms with E-state index in [1.54, 1.807) is 19.1 Å². The molecule has 1 aromatic heterocycles. The number of anilines is 1. The fraction of sp³-hybridized carbons (Fsp3) is 0.143. The fourth-order valence-corrected chi connectivity index (χ4v) is 4.13. The number of ether oxygens (including phenoxy) is 1. The van der Waals surface area contributed by atoms with Gasteiger partial charge < -0.3 is 10.1 Å². The van der Waals surface area contributed by atoms with E-state index in [1.165, 1.54) is 55.7 Å². The molecule has 0 radical (unpaired) electrons. The molecule has 0 aliphatic carbocycles. The first kappa shape index (κ1) is 21.1. The Balaban J connectivity index is 2.02. The first-order valence-electron chi connectivity index (χ1n) is 8.77. The van der Waals surface area contributed by atoms with Crippen LogP contribution < -0.4 is 5.32 Å². The molecular formula is C21H17FN2O5S. The van der Waals surface area contributed by atoms with Crippen molar-refractivity contribution in [1.82, 2.24) is 0 Å². The van der Waals surface area contributed by atoms with E-state index >= 15 is 0 Å². The second-order valence-corrected chi connectivity index (χ2v) is 7.67. The molecule has 1 N–H and O–H groups in total. The van der Waals surface area contributed by atoms with Gasteiger partial charge in [0.25, 0.3) is 11.6 Å². The van der Waals surface area contributed by atoms with Crippen LogP contribution in [0.4, 0.5) is 15.1 Å². The number of esters is 1. The monoisotopic (exact) mass is 428 g/mol. The summed E-state index contributed by atoms with van der Waals surface area (Å²) in [7, 11) is 1.23. The minimum atomic E-state index is -0.645. The fourth-order valence-electron chi connectivity index (χ4n) is 3.07. The van der Waals surface area contributed by atoms with Gasteiger partial charge in [0, 0.05) is 27.6 Å². The van der Waals surface area contributed by atoms with E-state index < -0.39 is 22.6 Å². The molecule has 0 aliphatic rings. The highest BCUT2D eigenvalue weighted by Gasteiger charge is 2.25. The Morgan fingerprint density at radius 3 is 2.37 bits per heavy atom. The van der Waals surface area contributed by atoms with Crippen LogP contribution in [0, 0.1) is 29.8 Å². The van der Waals surface area contributed by atoms with E-state index in [4.69, 9.17) is 4.74 Å². The van der Waals surface area contributed by atoms with E-state index in [9.17, 15) is 24.1 Å². The quantitative estimate of drug-likeness (QED) is 0.346. The van der Waals surface area contributed by atoms with Gasteiger partial charge in [0.15, 0.2) is 0 Å². The summed E-state index contributed by atoms with van der Waals surface area (Å²) in [5.74, 6) is -1.58. The van der Waals surface area contributed by atoms with Crippen molar-refractivity contribution in [3.05, 3.63) is 80.0 Å². The van der Waals surface area contributed by atoms with Crippen molar-refractivity contribution < 1.29 is 23.6 Å². The standard InChI is InChI=1S/C21H17FN2O5S/c1-11-10-14(6-9-16(11)24(27)28)19(25)23-20-18(21(26)29-3)17(12(2)30-20)13-4-7-15(22)8-5-13/h4-10H,1-3H3,(H,23,25). The van der Waals surface area contributed by atoms with E-state index in [0.717, 1.165) is 4.88 Å². The summed E-state index contributed by atoms with van der Waals surface area (Å²) in [6, 6.07) is 9.67. The molecule has 7 nitrogen and oxygen atoms in total. The van der Waals surface area contributed by atoms with Gasteiger partial charge in [-0.05, 0) is 43.7 Å². The lowest BCUT2D eigenvalue weighted by atomic mass is 10.0. The molecule has 1 amide bonds. The number of nitro benzene ring substituents is 1. The number of methoxy groups -OCH3 is 1. The number of aryl methyl sites for hydroxylation is 2. The minimum Gasteiger partial charge on any atom is -0.465 e. The lowest BCUT2D eigenvalue weighted by molar-refractivity contribution is -0.385. The van der Waals surface area contributed by atoms with Crippen LogP contribution in [-0.4, -0.2) is 23.9 Å². The van der Waals surface area contributed by atoms with Crippen LogP contribution in [0.5, 0.6) is 0 Å². The lowest BCUT2D eigenvalue weighted by Gasteiger charge is -2.09. The molecular weight excluding hydrogens is 411 g/mol. The van der Waals surface area contributed by atoms with Gasteiger partial charge in [-0.15, -0.1) is 11.3 Å². The predicted octanol–water partition coefficient (Wildman–Crippen LogP) is 5.12. The van der Waals surface area contributed by atoms with Gasteiger partial charge in [0.2, 0.25) is 0 Å². The van der Waals surface area contributed by atoms with E-state index in [-0.39, 0.29) is 21.8 Å². The van der Waals surface area contributed by atoms with Gasteiger partial charge >= 0.3 is 5.97 Å². The Labute approximate surface area is 175 Å². The summed E-state index contributed by atoms with van der Waals surface area (Å²) in [5.41, 5.74) is 1.78. The van der Waals surface area contributed by atoms with Crippen LogP contribution in [0.2, 0.25) is 0 Å². The van der Waals surface area contributed by atoms with Crippen LogP contribution in [-0.2, 0) is 4.74 Å². The molecule has 0 saturated carbocycles. The molecule has 0 atom stereocenters. The molecule has 2 aromatic carbocycles.